The molecule has 1 N–H and O–H groups in total. The number of alkyl halides is 3. The lowest BCUT2D eigenvalue weighted by atomic mass is 10.2. The number of aliphatic hydroxyl groups is 1. The highest BCUT2D eigenvalue weighted by atomic mass is 19.4. The summed E-state index contributed by atoms with van der Waals surface area (Å²) in [6.07, 6.45) is -4.12. The number of hydrogen-bond acceptors (Lipinski definition) is 2. The molecule has 0 saturated heterocycles. The first-order chi connectivity index (χ1) is 6.52. The molecule has 86 valence electrons. The molecule has 2 nitrogen and oxygen atoms in total. The Morgan fingerprint density at radius 1 is 1.29 bits per heavy atom. The average Bonchev–Trinajstić information content (AvgIpc) is 2.08. The maximum atomic E-state index is 12.2. The van der Waals surface area contributed by atoms with E-state index in [1.165, 1.54) is 0 Å². The van der Waals surface area contributed by atoms with E-state index in [-0.39, 0.29) is 13.0 Å². The van der Waals surface area contributed by atoms with Gasteiger partial charge in [0, 0.05) is 19.6 Å². The summed E-state index contributed by atoms with van der Waals surface area (Å²) in [4.78, 5) is 0. The first-order valence-electron chi connectivity index (χ1n) is 4.81. The molecule has 5 heteroatoms. The maximum absolute atomic E-state index is 12.2. The van der Waals surface area contributed by atoms with Crippen molar-refractivity contribution in [3.63, 3.8) is 0 Å². The van der Waals surface area contributed by atoms with E-state index in [2.05, 4.69) is 4.74 Å². The molecule has 1 unspecified atom stereocenters. The molecule has 0 bridgehead atoms. The highest BCUT2D eigenvalue weighted by Crippen LogP contribution is 2.25. The molecule has 0 aromatic carbocycles. The van der Waals surface area contributed by atoms with Crippen molar-refractivity contribution in [2.75, 3.05) is 13.2 Å². The summed E-state index contributed by atoms with van der Waals surface area (Å²) in [7, 11) is 0. The monoisotopic (exact) mass is 214 g/mol. The van der Waals surface area contributed by atoms with E-state index < -0.39 is 18.9 Å². The molecule has 0 rings (SSSR count). The van der Waals surface area contributed by atoms with Crippen LogP contribution in [0.15, 0.2) is 0 Å². The minimum absolute atomic E-state index is 0.109. The number of aliphatic hydroxyl groups excluding tert-OH is 1. The van der Waals surface area contributed by atoms with Crippen molar-refractivity contribution in [3.8, 4) is 0 Å². The first kappa shape index (κ1) is 13.7. The molecule has 0 radical (unpaired) electrons. The van der Waals surface area contributed by atoms with Gasteiger partial charge in [-0.25, -0.2) is 0 Å². The van der Waals surface area contributed by atoms with Gasteiger partial charge >= 0.3 is 6.18 Å². The molecule has 0 aromatic rings. The summed E-state index contributed by atoms with van der Waals surface area (Å²) in [5, 5.41) is 8.42. The lowest BCUT2D eigenvalue weighted by molar-refractivity contribution is -0.224. The predicted molar refractivity (Wildman–Crippen MR) is 47.0 cm³/mol. The molecule has 0 fully saturated rings. The van der Waals surface area contributed by atoms with Crippen LogP contribution in [0.3, 0.4) is 0 Å². The molecular weight excluding hydrogens is 197 g/mol. The van der Waals surface area contributed by atoms with Gasteiger partial charge in [-0.05, 0) is 6.42 Å². The van der Waals surface area contributed by atoms with Crippen molar-refractivity contribution >= 4 is 0 Å². The van der Waals surface area contributed by atoms with E-state index in [0.29, 0.717) is 6.42 Å². The van der Waals surface area contributed by atoms with Crippen LogP contribution in [0.2, 0.25) is 0 Å². The van der Waals surface area contributed by atoms with E-state index in [1.807, 2.05) is 6.92 Å². The van der Waals surface area contributed by atoms with E-state index in [0.717, 1.165) is 12.8 Å². The summed E-state index contributed by atoms with van der Waals surface area (Å²) < 4.78 is 41.2. The van der Waals surface area contributed by atoms with E-state index in [9.17, 15) is 13.2 Å². The van der Waals surface area contributed by atoms with Crippen molar-refractivity contribution in [2.24, 2.45) is 0 Å². The topological polar surface area (TPSA) is 29.5 Å². The van der Waals surface area contributed by atoms with Crippen molar-refractivity contribution in [1.29, 1.82) is 0 Å². The number of rotatable bonds is 7. The number of unbranched alkanes of at least 4 members (excludes halogenated alkanes) is 2. The van der Waals surface area contributed by atoms with E-state index in [4.69, 9.17) is 5.11 Å². The highest BCUT2D eigenvalue weighted by Gasteiger charge is 2.39. The lowest BCUT2D eigenvalue weighted by Crippen LogP contribution is -2.32. The molecule has 0 aliphatic rings. The van der Waals surface area contributed by atoms with Crippen LogP contribution in [-0.2, 0) is 4.74 Å². The molecule has 0 aromatic heterocycles. The zero-order valence-corrected chi connectivity index (χ0v) is 8.31. The van der Waals surface area contributed by atoms with Crippen LogP contribution in [0, 0.1) is 0 Å². The SMILES string of the molecule is CCCCCOC(CCO)C(F)(F)F. The minimum Gasteiger partial charge on any atom is -0.396 e. The second kappa shape index (κ2) is 7.06. The fourth-order valence-electron chi connectivity index (χ4n) is 1.04. The van der Waals surface area contributed by atoms with Gasteiger partial charge in [-0.2, -0.15) is 13.2 Å². The molecule has 0 spiro atoms. The van der Waals surface area contributed by atoms with E-state index >= 15 is 0 Å². The fraction of sp³-hybridized carbons (Fsp3) is 1.00. The summed E-state index contributed by atoms with van der Waals surface area (Å²) >= 11 is 0. The van der Waals surface area contributed by atoms with Crippen LogP contribution >= 0.6 is 0 Å². The van der Waals surface area contributed by atoms with Gasteiger partial charge in [-0.1, -0.05) is 19.8 Å². The number of hydrogen-bond donors (Lipinski definition) is 1. The average molecular weight is 214 g/mol. The van der Waals surface area contributed by atoms with Crippen molar-refractivity contribution in [3.05, 3.63) is 0 Å². The summed E-state index contributed by atoms with van der Waals surface area (Å²) in [5.74, 6) is 0. The molecule has 0 aliphatic carbocycles. The first-order valence-corrected chi connectivity index (χ1v) is 4.81. The van der Waals surface area contributed by atoms with Gasteiger partial charge in [0.05, 0.1) is 0 Å². The Balaban J connectivity index is 3.74. The van der Waals surface area contributed by atoms with Crippen LogP contribution < -0.4 is 0 Å². The quantitative estimate of drug-likeness (QED) is 0.660. The summed E-state index contributed by atoms with van der Waals surface area (Å²) in [6, 6.07) is 0. The number of halogens is 3. The molecule has 0 saturated carbocycles. The Morgan fingerprint density at radius 2 is 1.93 bits per heavy atom. The maximum Gasteiger partial charge on any atom is 0.414 e. The van der Waals surface area contributed by atoms with E-state index in [1.54, 1.807) is 0 Å². The fourth-order valence-corrected chi connectivity index (χ4v) is 1.04. The van der Waals surface area contributed by atoms with Crippen LogP contribution in [0.4, 0.5) is 13.2 Å². The van der Waals surface area contributed by atoms with Gasteiger partial charge in [0.25, 0.3) is 0 Å². The van der Waals surface area contributed by atoms with Crippen LogP contribution in [0.1, 0.15) is 32.6 Å². The van der Waals surface area contributed by atoms with Crippen molar-refractivity contribution in [2.45, 2.75) is 44.9 Å². The zero-order chi connectivity index (χ0) is 11.0. The van der Waals surface area contributed by atoms with Gasteiger partial charge in [-0.15, -0.1) is 0 Å². The second-order valence-electron chi connectivity index (χ2n) is 3.12. The molecule has 0 amide bonds. The zero-order valence-electron chi connectivity index (χ0n) is 8.31. The van der Waals surface area contributed by atoms with Crippen LogP contribution in [0.5, 0.6) is 0 Å². The second-order valence-corrected chi connectivity index (χ2v) is 3.12. The third kappa shape index (κ3) is 6.21. The predicted octanol–water partition coefficient (Wildman–Crippen LogP) is 2.51. The third-order valence-electron chi connectivity index (χ3n) is 1.82. The molecule has 14 heavy (non-hydrogen) atoms. The third-order valence-corrected chi connectivity index (χ3v) is 1.82. The summed E-state index contributed by atoms with van der Waals surface area (Å²) in [5.41, 5.74) is 0. The van der Waals surface area contributed by atoms with Gasteiger partial charge in [0.15, 0.2) is 6.10 Å². The van der Waals surface area contributed by atoms with Gasteiger partial charge in [0.2, 0.25) is 0 Å². The largest absolute Gasteiger partial charge is 0.414 e. The molecular formula is C9H17F3O2. The highest BCUT2D eigenvalue weighted by molar-refractivity contribution is 4.66. The Hall–Kier alpha value is -0.290. The molecule has 1 atom stereocenters. The van der Waals surface area contributed by atoms with Gasteiger partial charge in [0.1, 0.15) is 0 Å². The minimum atomic E-state index is -4.37. The summed E-state index contributed by atoms with van der Waals surface area (Å²) in [6.45, 7) is 1.57. The Kier molecular flexibility index (Phi) is 6.92. The van der Waals surface area contributed by atoms with Crippen molar-refractivity contribution in [1.82, 2.24) is 0 Å². The van der Waals surface area contributed by atoms with Crippen molar-refractivity contribution < 1.29 is 23.0 Å². The lowest BCUT2D eigenvalue weighted by Gasteiger charge is -2.19. The molecule has 0 heterocycles. The Labute approximate surface area is 82.1 Å². The standard InChI is InChI=1S/C9H17F3O2/c1-2-3-4-7-14-8(5-6-13)9(10,11)12/h8,13H,2-7H2,1H3. The Bertz CT molecular complexity index is 137. The Morgan fingerprint density at radius 3 is 2.36 bits per heavy atom. The van der Waals surface area contributed by atoms with Crippen LogP contribution in [-0.4, -0.2) is 30.6 Å². The number of ether oxygens (including phenoxy) is 1. The van der Waals surface area contributed by atoms with Crippen LogP contribution in [0.25, 0.3) is 0 Å². The smallest absolute Gasteiger partial charge is 0.396 e. The van der Waals surface area contributed by atoms with Gasteiger partial charge < -0.3 is 9.84 Å². The normalized spacial score (nSPS) is 14.4. The van der Waals surface area contributed by atoms with Gasteiger partial charge in [-0.3, -0.25) is 0 Å². The molecule has 0 aliphatic heterocycles.